The van der Waals surface area contributed by atoms with Crippen molar-refractivity contribution in [2.24, 2.45) is 7.05 Å². The topological polar surface area (TPSA) is 49.1 Å². The Labute approximate surface area is 136 Å². The first-order valence-electron chi connectivity index (χ1n) is 7.40. The molecule has 2 aromatic carbocycles. The maximum absolute atomic E-state index is 13.1. The van der Waals surface area contributed by atoms with E-state index in [0.717, 1.165) is 22.0 Å². The average Bonchev–Trinajstić information content (AvgIpc) is 2.89. The molecule has 2 heterocycles. The molecule has 4 aromatic rings. The first-order chi connectivity index (χ1) is 11.6. The fourth-order valence-electron chi connectivity index (χ4n) is 3.00. The van der Waals surface area contributed by atoms with E-state index in [1.807, 2.05) is 29.8 Å². The number of fused-ring (bicyclic) bond motifs is 3. The van der Waals surface area contributed by atoms with Crippen molar-refractivity contribution in [3.8, 4) is 11.4 Å². The van der Waals surface area contributed by atoms with Gasteiger partial charge in [0.1, 0.15) is 17.1 Å². The predicted octanol–water partition coefficient (Wildman–Crippen LogP) is 3.03. The van der Waals surface area contributed by atoms with Crippen LogP contribution in [0.4, 0.5) is 4.39 Å². The second-order valence-electron chi connectivity index (χ2n) is 5.54. The van der Waals surface area contributed by atoms with Crippen molar-refractivity contribution in [3.63, 3.8) is 0 Å². The molecule has 0 atom stereocenters. The summed E-state index contributed by atoms with van der Waals surface area (Å²) in [5.41, 5.74) is 1.72. The number of rotatable bonds is 2. The molecular weight excluding hydrogens is 309 g/mol. The highest BCUT2D eigenvalue weighted by Gasteiger charge is 2.15. The van der Waals surface area contributed by atoms with Crippen LogP contribution in [0.3, 0.4) is 0 Å². The van der Waals surface area contributed by atoms with Gasteiger partial charge in [-0.1, -0.05) is 0 Å². The molecule has 5 nitrogen and oxygen atoms in total. The summed E-state index contributed by atoms with van der Waals surface area (Å²) < 4.78 is 21.5. The number of hydrogen-bond acceptors (Lipinski definition) is 3. The van der Waals surface area contributed by atoms with Crippen LogP contribution in [-0.4, -0.2) is 21.5 Å². The predicted molar refractivity (Wildman–Crippen MR) is 90.3 cm³/mol. The highest BCUT2D eigenvalue weighted by molar-refractivity contribution is 6.07. The summed E-state index contributed by atoms with van der Waals surface area (Å²) in [6.07, 6.45) is 1.65. The highest BCUT2D eigenvalue weighted by atomic mass is 19.1. The van der Waals surface area contributed by atoms with Crippen molar-refractivity contribution in [1.29, 1.82) is 0 Å². The summed E-state index contributed by atoms with van der Waals surface area (Å²) in [6.45, 7) is 0. The van der Waals surface area contributed by atoms with Crippen LogP contribution in [0, 0.1) is 5.82 Å². The van der Waals surface area contributed by atoms with Crippen LogP contribution in [-0.2, 0) is 7.05 Å². The van der Waals surface area contributed by atoms with Crippen molar-refractivity contribution < 1.29 is 9.13 Å². The lowest BCUT2D eigenvalue weighted by atomic mass is 10.2. The molecule has 0 fully saturated rings. The number of nitrogens with zero attached hydrogens (tertiary/aromatic N) is 3. The van der Waals surface area contributed by atoms with E-state index in [1.165, 1.54) is 28.9 Å². The molecule has 4 rings (SSSR count). The van der Waals surface area contributed by atoms with Crippen molar-refractivity contribution in [2.45, 2.75) is 0 Å². The van der Waals surface area contributed by atoms with E-state index in [-0.39, 0.29) is 11.4 Å². The molecule has 0 amide bonds. The Kier molecular flexibility index (Phi) is 3.13. The third-order valence-electron chi connectivity index (χ3n) is 4.21. The second-order valence-corrected chi connectivity index (χ2v) is 5.54. The average molecular weight is 323 g/mol. The number of methoxy groups -OCH3 is 1. The number of ether oxygens (including phenoxy) is 1. The highest BCUT2D eigenvalue weighted by Crippen LogP contribution is 2.29. The van der Waals surface area contributed by atoms with Gasteiger partial charge in [-0.3, -0.25) is 4.79 Å². The Hall–Kier alpha value is -3.15. The Balaban J connectivity index is 2.06. The van der Waals surface area contributed by atoms with Gasteiger partial charge in [0.25, 0.3) is 5.56 Å². The number of hydrogen-bond donors (Lipinski definition) is 0. The van der Waals surface area contributed by atoms with Crippen LogP contribution in [0.5, 0.6) is 5.75 Å². The number of aromatic nitrogens is 3. The molecule has 0 saturated heterocycles. The van der Waals surface area contributed by atoms with Gasteiger partial charge < -0.3 is 9.30 Å². The minimum atomic E-state index is -0.357. The third-order valence-corrected chi connectivity index (χ3v) is 4.21. The number of aryl methyl sites for hydroxylation is 1. The Bertz CT molecular complexity index is 1130. The lowest BCUT2D eigenvalue weighted by Crippen LogP contribution is -2.22. The van der Waals surface area contributed by atoms with E-state index < -0.39 is 0 Å². The first-order valence-corrected chi connectivity index (χ1v) is 7.40. The Morgan fingerprint density at radius 1 is 1.08 bits per heavy atom. The summed E-state index contributed by atoms with van der Waals surface area (Å²) in [6, 6.07) is 11.3. The van der Waals surface area contributed by atoms with Crippen LogP contribution < -0.4 is 10.3 Å². The maximum Gasteiger partial charge on any atom is 0.296 e. The number of halogens is 1. The largest absolute Gasteiger partial charge is 0.497 e. The van der Waals surface area contributed by atoms with E-state index in [4.69, 9.17) is 4.74 Å². The molecule has 0 N–H and O–H groups in total. The van der Waals surface area contributed by atoms with E-state index in [1.54, 1.807) is 13.3 Å². The molecule has 0 unspecified atom stereocenters. The Morgan fingerprint density at radius 3 is 2.54 bits per heavy atom. The van der Waals surface area contributed by atoms with Crippen LogP contribution in [0.25, 0.3) is 27.5 Å². The minimum absolute atomic E-state index is 0.253. The summed E-state index contributed by atoms with van der Waals surface area (Å²) in [5, 5.41) is 5.92. The van der Waals surface area contributed by atoms with Gasteiger partial charge in [-0.05, 0) is 42.5 Å². The summed E-state index contributed by atoms with van der Waals surface area (Å²) >= 11 is 0. The fourth-order valence-corrected chi connectivity index (χ4v) is 3.00. The summed E-state index contributed by atoms with van der Waals surface area (Å²) in [7, 11) is 3.44. The molecule has 2 aromatic heterocycles. The molecular formula is C18H14FN3O2. The molecule has 120 valence electrons. The zero-order valence-corrected chi connectivity index (χ0v) is 13.2. The monoisotopic (exact) mass is 323 g/mol. The molecule has 0 saturated carbocycles. The van der Waals surface area contributed by atoms with Crippen LogP contribution in [0.2, 0.25) is 0 Å². The second kappa shape index (κ2) is 5.19. The molecule has 0 aliphatic carbocycles. The summed E-state index contributed by atoms with van der Waals surface area (Å²) in [4.78, 5) is 12.9. The first kappa shape index (κ1) is 14.4. The smallest absolute Gasteiger partial charge is 0.296 e. The van der Waals surface area contributed by atoms with Gasteiger partial charge in [-0.15, -0.1) is 0 Å². The lowest BCUT2D eigenvalue weighted by Gasteiger charge is -2.05. The van der Waals surface area contributed by atoms with Gasteiger partial charge in [0.05, 0.1) is 19.0 Å². The van der Waals surface area contributed by atoms with Crippen molar-refractivity contribution in [2.75, 3.05) is 7.11 Å². The molecule has 0 radical (unpaired) electrons. The minimum Gasteiger partial charge on any atom is -0.497 e. The summed E-state index contributed by atoms with van der Waals surface area (Å²) in [5.74, 6) is 0.363. The van der Waals surface area contributed by atoms with Crippen molar-refractivity contribution in [1.82, 2.24) is 14.3 Å². The molecule has 0 aliphatic heterocycles. The molecule has 6 heteroatoms. The van der Waals surface area contributed by atoms with Gasteiger partial charge in [0.2, 0.25) is 0 Å². The quantitative estimate of drug-likeness (QED) is 0.570. The molecule has 24 heavy (non-hydrogen) atoms. The van der Waals surface area contributed by atoms with Crippen LogP contribution in [0.15, 0.2) is 53.5 Å². The number of benzene rings is 2. The zero-order chi connectivity index (χ0) is 16.8. The van der Waals surface area contributed by atoms with Gasteiger partial charge >= 0.3 is 0 Å². The van der Waals surface area contributed by atoms with E-state index in [9.17, 15) is 9.18 Å². The van der Waals surface area contributed by atoms with E-state index >= 15 is 0 Å². The molecule has 0 bridgehead atoms. The SMILES string of the molecule is COc1ccc2c(c1)c1cnn(-c3ccc(F)cc3)c(=O)c1n2C. The Morgan fingerprint density at radius 2 is 1.83 bits per heavy atom. The third kappa shape index (κ3) is 2.00. The van der Waals surface area contributed by atoms with E-state index in [0.29, 0.717) is 11.2 Å². The van der Waals surface area contributed by atoms with Crippen LogP contribution in [0.1, 0.15) is 0 Å². The van der Waals surface area contributed by atoms with Gasteiger partial charge in [-0.25, -0.2) is 4.39 Å². The fraction of sp³-hybridized carbons (Fsp3) is 0.111. The van der Waals surface area contributed by atoms with E-state index in [2.05, 4.69) is 5.10 Å². The normalized spacial score (nSPS) is 11.3. The van der Waals surface area contributed by atoms with Gasteiger partial charge in [0.15, 0.2) is 0 Å². The van der Waals surface area contributed by atoms with Crippen LogP contribution >= 0.6 is 0 Å². The molecule has 0 aliphatic rings. The zero-order valence-electron chi connectivity index (χ0n) is 13.2. The molecule has 0 spiro atoms. The van der Waals surface area contributed by atoms with Gasteiger partial charge in [0, 0.05) is 23.3 Å². The maximum atomic E-state index is 13.1. The lowest BCUT2D eigenvalue weighted by molar-refractivity contribution is 0.415. The standard InChI is InChI=1S/C18H14FN3O2/c1-21-16-8-7-13(24-2)9-14(16)15-10-20-22(18(23)17(15)21)12-5-3-11(19)4-6-12/h3-10H,1-2H3. The van der Waals surface area contributed by atoms with Crippen molar-refractivity contribution >= 4 is 21.8 Å². The van der Waals surface area contributed by atoms with Crippen molar-refractivity contribution in [3.05, 3.63) is 64.8 Å². The van der Waals surface area contributed by atoms with Gasteiger partial charge in [-0.2, -0.15) is 9.78 Å².